The van der Waals surface area contributed by atoms with Crippen LogP contribution in [0, 0.1) is 12.8 Å². The lowest BCUT2D eigenvalue weighted by Gasteiger charge is -2.23. The Bertz CT molecular complexity index is 394. The van der Waals surface area contributed by atoms with Crippen molar-refractivity contribution in [3.8, 4) is 0 Å². The summed E-state index contributed by atoms with van der Waals surface area (Å²) in [5.74, 6) is 0.472. The average molecular weight is 287 g/mol. The molecular formula is C12H19BrN2O. The molecule has 1 atom stereocenters. The first-order chi connectivity index (χ1) is 7.45. The van der Waals surface area contributed by atoms with E-state index in [9.17, 15) is 5.11 Å². The SMILES string of the molecule is CCn1nc(C)c(Br)c1CC(C)(O)C1CC1. The predicted molar refractivity (Wildman–Crippen MR) is 67.4 cm³/mol. The number of aromatic nitrogens is 2. The van der Waals surface area contributed by atoms with E-state index in [0.29, 0.717) is 12.3 Å². The molecule has 2 rings (SSSR count). The second kappa shape index (κ2) is 4.15. The third-order valence-electron chi connectivity index (χ3n) is 3.44. The van der Waals surface area contributed by atoms with Crippen LogP contribution < -0.4 is 0 Å². The summed E-state index contributed by atoms with van der Waals surface area (Å²) in [5.41, 5.74) is 1.54. The number of rotatable bonds is 4. The van der Waals surface area contributed by atoms with Gasteiger partial charge in [-0.05, 0) is 55.5 Å². The molecule has 1 aliphatic rings. The van der Waals surface area contributed by atoms with Crippen LogP contribution in [0.3, 0.4) is 0 Å². The van der Waals surface area contributed by atoms with Crippen molar-refractivity contribution >= 4 is 15.9 Å². The molecule has 90 valence electrons. The summed E-state index contributed by atoms with van der Waals surface area (Å²) in [6.07, 6.45) is 3.00. The number of nitrogens with zero attached hydrogens (tertiary/aromatic N) is 2. The number of halogens is 1. The summed E-state index contributed by atoms with van der Waals surface area (Å²) in [6.45, 7) is 6.86. The van der Waals surface area contributed by atoms with E-state index in [2.05, 4.69) is 28.0 Å². The molecule has 1 unspecified atom stereocenters. The monoisotopic (exact) mass is 286 g/mol. The van der Waals surface area contributed by atoms with Crippen molar-refractivity contribution in [2.24, 2.45) is 5.92 Å². The lowest BCUT2D eigenvalue weighted by Crippen LogP contribution is -2.31. The Hall–Kier alpha value is -0.350. The molecule has 1 fully saturated rings. The predicted octanol–water partition coefficient (Wildman–Crippen LogP) is 2.68. The first-order valence-electron chi connectivity index (χ1n) is 5.90. The van der Waals surface area contributed by atoms with Crippen molar-refractivity contribution in [1.82, 2.24) is 9.78 Å². The van der Waals surface area contributed by atoms with Crippen LogP contribution in [0.1, 0.15) is 38.1 Å². The zero-order valence-corrected chi connectivity index (χ0v) is 11.7. The minimum Gasteiger partial charge on any atom is -0.389 e. The lowest BCUT2D eigenvalue weighted by atomic mass is 9.94. The third kappa shape index (κ3) is 2.18. The summed E-state index contributed by atoms with van der Waals surface area (Å²) < 4.78 is 3.03. The Balaban J connectivity index is 2.25. The minimum atomic E-state index is -0.581. The van der Waals surface area contributed by atoms with Gasteiger partial charge in [0.05, 0.1) is 21.5 Å². The summed E-state index contributed by atoms with van der Waals surface area (Å²) in [4.78, 5) is 0. The highest BCUT2D eigenvalue weighted by atomic mass is 79.9. The van der Waals surface area contributed by atoms with Gasteiger partial charge in [0.15, 0.2) is 0 Å². The zero-order chi connectivity index (χ0) is 11.9. The van der Waals surface area contributed by atoms with Gasteiger partial charge in [-0.1, -0.05) is 0 Å². The maximum atomic E-state index is 10.4. The smallest absolute Gasteiger partial charge is 0.0738 e. The van der Waals surface area contributed by atoms with E-state index in [0.717, 1.165) is 35.2 Å². The van der Waals surface area contributed by atoms with Crippen LogP contribution in [0.25, 0.3) is 0 Å². The fourth-order valence-corrected chi connectivity index (χ4v) is 2.65. The third-order valence-corrected chi connectivity index (χ3v) is 4.47. The molecule has 0 saturated heterocycles. The number of hydrogen-bond donors (Lipinski definition) is 1. The van der Waals surface area contributed by atoms with Gasteiger partial charge < -0.3 is 5.11 Å². The van der Waals surface area contributed by atoms with Gasteiger partial charge in [0.1, 0.15) is 0 Å². The number of aliphatic hydroxyl groups is 1. The molecule has 0 amide bonds. The highest BCUT2D eigenvalue weighted by Gasteiger charge is 2.41. The molecule has 0 radical (unpaired) electrons. The Morgan fingerprint density at radius 3 is 2.69 bits per heavy atom. The lowest BCUT2D eigenvalue weighted by molar-refractivity contribution is 0.0350. The zero-order valence-electron chi connectivity index (χ0n) is 10.1. The van der Waals surface area contributed by atoms with Crippen LogP contribution in [0.5, 0.6) is 0 Å². The molecule has 4 heteroatoms. The molecule has 1 aromatic rings. The van der Waals surface area contributed by atoms with Crippen molar-refractivity contribution in [2.45, 2.75) is 52.2 Å². The highest BCUT2D eigenvalue weighted by Crippen LogP contribution is 2.42. The van der Waals surface area contributed by atoms with E-state index in [4.69, 9.17) is 0 Å². The molecule has 16 heavy (non-hydrogen) atoms. The molecule has 0 aliphatic heterocycles. The first kappa shape index (κ1) is 12.1. The Morgan fingerprint density at radius 2 is 2.19 bits per heavy atom. The van der Waals surface area contributed by atoms with Gasteiger partial charge in [-0.15, -0.1) is 0 Å². The van der Waals surface area contributed by atoms with E-state index >= 15 is 0 Å². The maximum absolute atomic E-state index is 10.4. The molecule has 1 heterocycles. The molecule has 1 aromatic heterocycles. The fraction of sp³-hybridized carbons (Fsp3) is 0.750. The number of aryl methyl sites for hydroxylation is 2. The van der Waals surface area contributed by atoms with E-state index in [1.165, 1.54) is 0 Å². The number of hydrogen-bond acceptors (Lipinski definition) is 2. The first-order valence-corrected chi connectivity index (χ1v) is 6.69. The maximum Gasteiger partial charge on any atom is 0.0738 e. The molecule has 0 spiro atoms. The second-order valence-electron chi connectivity index (χ2n) is 4.97. The molecule has 0 aromatic carbocycles. The molecule has 0 bridgehead atoms. The largest absolute Gasteiger partial charge is 0.389 e. The molecule has 1 aliphatic carbocycles. The van der Waals surface area contributed by atoms with Crippen molar-refractivity contribution in [3.63, 3.8) is 0 Å². The average Bonchev–Trinajstić information content (AvgIpc) is 3.02. The molecule has 3 nitrogen and oxygen atoms in total. The molecule has 1 saturated carbocycles. The molecule has 1 N–H and O–H groups in total. The van der Waals surface area contributed by atoms with Gasteiger partial charge >= 0.3 is 0 Å². The quantitative estimate of drug-likeness (QED) is 0.924. The summed E-state index contributed by atoms with van der Waals surface area (Å²) in [5, 5.41) is 14.9. The molecular weight excluding hydrogens is 268 g/mol. The van der Waals surface area contributed by atoms with Crippen molar-refractivity contribution < 1.29 is 5.11 Å². The van der Waals surface area contributed by atoms with Crippen LogP contribution >= 0.6 is 15.9 Å². The van der Waals surface area contributed by atoms with Crippen LogP contribution in [0.15, 0.2) is 4.47 Å². The van der Waals surface area contributed by atoms with Gasteiger partial charge in [0.2, 0.25) is 0 Å². The van der Waals surface area contributed by atoms with Crippen molar-refractivity contribution in [2.75, 3.05) is 0 Å². The Morgan fingerprint density at radius 1 is 1.56 bits per heavy atom. The Labute approximate surface area is 105 Å². The van der Waals surface area contributed by atoms with Crippen molar-refractivity contribution in [3.05, 3.63) is 15.9 Å². The van der Waals surface area contributed by atoms with Gasteiger partial charge in [0, 0.05) is 13.0 Å². The minimum absolute atomic E-state index is 0.472. The van der Waals surface area contributed by atoms with E-state index < -0.39 is 5.60 Å². The van der Waals surface area contributed by atoms with Crippen LogP contribution in [-0.4, -0.2) is 20.5 Å². The topological polar surface area (TPSA) is 38.0 Å². The second-order valence-corrected chi connectivity index (χ2v) is 5.76. The van der Waals surface area contributed by atoms with E-state index in [-0.39, 0.29) is 0 Å². The van der Waals surface area contributed by atoms with Crippen LogP contribution in [0.4, 0.5) is 0 Å². The Kier molecular flexibility index (Phi) is 3.14. The van der Waals surface area contributed by atoms with Crippen molar-refractivity contribution in [1.29, 1.82) is 0 Å². The van der Waals surface area contributed by atoms with E-state index in [1.807, 2.05) is 18.5 Å². The normalized spacial score (nSPS) is 19.8. The highest BCUT2D eigenvalue weighted by molar-refractivity contribution is 9.10. The standard InChI is InChI=1S/C12H19BrN2O/c1-4-15-10(11(13)8(2)14-15)7-12(3,16)9-5-6-9/h9,16H,4-7H2,1-3H3. The van der Waals surface area contributed by atoms with Crippen LogP contribution in [-0.2, 0) is 13.0 Å². The van der Waals surface area contributed by atoms with Gasteiger partial charge in [-0.2, -0.15) is 5.10 Å². The van der Waals surface area contributed by atoms with Crippen LogP contribution in [0.2, 0.25) is 0 Å². The van der Waals surface area contributed by atoms with Gasteiger partial charge in [0.25, 0.3) is 0 Å². The van der Waals surface area contributed by atoms with Gasteiger partial charge in [-0.25, -0.2) is 0 Å². The summed E-state index contributed by atoms with van der Waals surface area (Å²) in [7, 11) is 0. The summed E-state index contributed by atoms with van der Waals surface area (Å²) in [6, 6.07) is 0. The van der Waals surface area contributed by atoms with E-state index in [1.54, 1.807) is 0 Å². The fourth-order valence-electron chi connectivity index (χ4n) is 2.23. The van der Waals surface area contributed by atoms with Gasteiger partial charge in [-0.3, -0.25) is 4.68 Å². The summed E-state index contributed by atoms with van der Waals surface area (Å²) >= 11 is 3.57.